The number of ether oxygens (including phenoxy) is 2. The number of carbonyl (C=O) groups is 2. The van der Waals surface area contributed by atoms with Crippen LogP contribution in [-0.2, 0) is 26.2 Å². The van der Waals surface area contributed by atoms with Crippen LogP contribution in [0.5, 0.6) is 11.5 Å². The fourth-order valence-corrected chi connectivity index (χ4v) is 5.60. The van der Waals surface area contributed by atoms with Crippen molar-refractivity contribution in [2.75, 3.05) is 25.1 Å². The van der Waals surface area contributed by atoms with Gasteiger partial charge in [-0.3, -0.25) is 13.9 Å². The quantitative estimate of drug-likeness (QED) is 0.357. The molecular formula is C31H39N3O6S. The number of benzene rings is 3. The summed E-state index contributed by atoms with van der Waals surface area (Å²) in [5, 5.41) is 2.92. The zero-order valence-electron chi connectivity index (χ0n) is 24.7. The average molecular weight is 582 g/mol. The van der Waals surface area contributed by atoms with Crippen molar-refractivity contribution in [1.82, 2.24) is 10.2 Å². The van der Waals surface area contributed by atoms with Gasteiger partial charge in [-0.25, -0.2) is 8.42 Å². The number of nitrogens with one attached hydrogen (secondary N) is 1. The van der Waals surface area contributed by atoms with E-state index in [2.05, 4.69) is 5.32 Å². The molecule has 0 saturated heterocycles. The Hall–Kier alpha value is -4.05. The van der Waals surface area contributed by atoms with Crippen LogP contribution < -0.4 is 19.1 Å². The third kappa shape index (κ3) is 8.00. The number of hydrogen-bond donors (Lipinski definition) is 1. The highest BCUT2D eigenvalue weighted by Gasteiger charge is 2.34. The molecule has 0 fully saturated rings. The van der Waals surface area contributed by atoms with Crippen LogP contribution in [0.1, 0.15) is 38.8 Å². The van der Waals surface area contributed by atoms with Crippen LogP contribution in [0.15, 0.2) is 77.7 Å². The Labute approximate surface area is 243 Å². The van der Waals surface area contributed by atoms with Crippen LogP contribution in [0.2, 0.25) is 0 Å². The molecule has 0 aliphatic rings. The van der Waals surface area contributed by atoms with E-state index in [0.29, 0.717) is 5.75 Å². The fraction of sp³-hybridized carbons (Fsp3) is 0.355. The summed E-state index contributed by atoms with van der Waals surface area (Å²) in [4.78, 5) is 28.7. The highest BCUT2D eigenvalue weighted by atomic mass is 32.2. The average Bonchev–Trinajstić information content (AvgIpc) is 2.93. The van der Waals surface area contributed by atoms with Gasteiger partial charge < -0.3 is 19.7 Å². The Balaban J connectivity index is 2.12. The maximum Gasteiger partial charge on any atom is 0.264 e. The maximum absolute atomic E-state index is 14.1. The Bertz CT molecular complexity index is 1450. The number of methoxy groups -OCH3 is 2. The lowest BCUT2D eigenvalue weighted by Gasteiger charge is -2.33. The van der Waals surface area contributed by atoms with Gasteiger partial charge in [0, 0.05) is 18.2 Å². The number of anilines is 1. The predicted octanol–water partition coefficient (Wildman–Crippen LogP) is 4.54. The molecule has 0 saturated carbocycles. The van der Waals surface area contributed by atoms with E-state index < -0.39 is 34.1 Å². The van der Waals surface area contributed by atoms with Crippen molar-refractivity contribution in [2.45, 2.75) is 57.6 Å². The maximum atomic E-state index is 14.1. The number of amides is 2. The molecule has 0 aliphatic carbocycles. The highest BCUT2D eigenvalue weighted by molar-refractivity contribution is 7.92. The molecule has 0 bridgehead atoms. The number of aryl methyl sites for hydroxylation is 1. The Morgan fingerprint density at radius 3 is 2.12 bits per heavy atom. The number of rotatable bonds is 11. The first kappa shape index (κ1) is 31.5. The molecule has 3 aromatic carbocycles. The normalized spacial score (nSPS) is 12.3. The van der Waals surface area contributed by atoms with Crippen molar-refractivity contribution in [3.63, 3.8) is 0 Å². The Morgan fingerprint density at radius 2 is 1.56 bits per heavy atom. The third-order valence-electron chi connectivity index (χ3n) is 6.40. The summed E-state index contributed by atoms with van der Waals surface area (Å²) in [5.41, 5.74) is 1.29. The zero-order chi connectivity index (χ0) is 30.4. The summed E-state index contributed by atoms with van der Waals surface area (Å²) in [7, 11) is -1.37. The van der Waals surface area contributed by atoms with Crippen molar-refractivity contribution in [1.29, 1.82) is 0 Å². The van der Waals surface area contributed by atoms with Crippen molar-refractivity contribution in [2.24, 2.45) is 0 Å². The topological polar surface area (TPSA) is 105 Å². The second kappa shape index (κ2) is 13.1. The molecule has 3 rings (SSSR count). The molecule has 3 aromatic rings. The summed E-state index contributed by atoms with van der Waals surface area (Å²) in [6, 6.07) is 19.4. The second-order valence-corrected chi connectivity index (χ2v) is 12.6. The smallest absolute Gasteiger partial charge is 0.264 e. The SMILES string of the molecule is COc1ccc(OC)c(N(CC(=O)N(Cc2ccccc2)[C@@H](C)C(=O)NC(C)(C)C)S(=O)(=O)c2ccc(C)cc2)c1. The van der Waals surface area contributed by atoms with E-state index in [-0.39, 0.29) is 28.8 Å². The molecule has 0 spiro atoms. The predicted molar refractivity (Wildman–Crippen MR) is 160 cm³/mol. The van der Waals surface area contributed by atoms with Gasteiger partial charge in [-0.1, -0.05) is 48.0 Å². The molecule has 220 valence electrons. The molecule has 9 nitrogen and oxygen atoms in total. The highest BCUT2D eigenvalue weighted by Crippen LogP contribution is 2.36. The van der Waals surface area contributed by atoms with Gasteiger partial charge >= 0.3 is 0 Å². The van der Waals surface area contributed by atoms with Crippen LogP contribution in [0.25, 0.3) is 0 Å². The molecule has 0 aliphatic heterocycles. The second-order valence-electron chi connectivity index (χ2n) is 10.8. The minimum Gasteiger partial charge on any atom is -0.497 e. The first-order chi connectivity index (χ1) is 19.3. The molecule has 0 unspecified atom stereocenters. The van der Waals surface area contributed by atoms with Gasteiger partial charge in [-0.05, 0) is 64.4 Å². The minimum atomic E-state index is -4.25. The molecule has 41 heavy (non-hydrogen) atoms. The summed E-state index contributed by atoms with van der Waals surface area (Å²) in [5.74, 6) is -0.293. The number of hydrogen-bond acceptors (Lipinski definition) is 6. The summed E-state index contributed by atoms with van der Waals surface area (Å²) in [6.45, 7) is 8.57. The number of nitrogens with zero attached hydrogens (tertiary/aromatic N) is 2. The van der Waals surface area contributed by atoms with Gasteiger partial charge in [0.15, 0.2) is 0 Å². The van der Waals surface area contributed by atoms with Gasteiger partial charge in [0.1, 0.15) is 24.1 Å². The molecule has 0 aromatic heterocycles. The summed E-state index contributed by atoms with van der Waals surface area (Å²) in [6.07, 6.45) is 0. The molecule has 0 heterocycles. The third-order valence-corrected chi connectivity index (χ3v) is 8.18. The van der Waals surface area contributed by atoms with Gasteiger partial charge in [-0.2, -0.15) is 0 Å². The van der Waals surface area contributed by atoms with Crippen LogP contribution >= 0.6 is 0 Å². The number of sulfonamides is 1. The van der Waals surface area contributed by atoms with Gasteiger partial charge in [0.25, 0.3) is 10.0 Å². The van der Waals surface area contributed by atoms with Gasteiger partial charge in [0.2, 0.25) is 11.8 Å². The minimum absolute atomic E-state index is 0.00825. The lowest BCUT2D eigenvalue weighted by molar-refractivity contribution is -0.140. The first-order valence-corrected chi connectivity index (χ1v) is 14.7. The number of carbonyl (C=O) groups excluding carboxylic acids is 2. The monoisotopic (exact) mass is 581 g/mol. The molecular weight excluding hydrogens is 542 g/mol. The first-order valence-electron chi connectivity index (χ1n) is 13.2. The van der Waals surface area contributed by atoms with E-state index in [0.717, 1.165) is 15.4 Å². The van der Waals surface area contributed by atoms with Crippen molar-refractivity contribution < 1.29 is 27.5 Å². The molecule has 0 radical (unpaired) electrons. The van der Waals surface area contributed by atoms with Gasteiger partial charge in [-0.15, -0.1) is 0 Å². The Kier molecular flexibility index (Phi) is 10.0. The van der Waals surface area contributed by atoms with E-state index in [1.807, 2.05) is 58.0 Å². The van der Waals surface area contributed by atoms with Crippen LogP contribution in [0.3, 0.4) is 0 Å². The van der Waals surface area contributed by atoms with E-state index in [9.17, 15) is 18.0 Å². The van der Waals surface area contributed by atoms with E-state index in [1.54, 1.807) is 31.2 Å². The summed E-state index contributed by atoms with van der Waals surface area (Å²) >= 11 is 0. The lowest BCUT2D eigenvalue weighted by Crippen LogP contribution is -2.54. The summed E-state index contributed by atoms with van der Waals surface area (Å²) < 4.78 is 40.1. The van der Waals surface area contributed by atoms with E-state index in [1.165, 1.54) is 37.3 Å². The van der Waals surface area contributed by atoms with Gasteiger partial charge in [0.05, 0.1) is 24.8 Å². The lowest BCUT2D eigenvalue weighted by atomic mass is 10.1. The van der Waals surface area contributed by atoms with Crippen LogP contribution in [0.4, 0.5) is 5.69 Å². The largest absolute Gasteiger partial charge is 0.497 e. The Morgan fingerprint density at radius 1 is 0.927 bits per heavy atom. The molecule has 1 atom stereocenters. The molecule has 10 heteroatoms. The van der Waals surface area contributed by atoms with E-state index >= 15 is 0 Å². The van der Waals surface area contributed by atoms with Crippen molar-refractivity contribution in [3.8, 4) is 11.5 Å². The van der Waals surface area contributed by atoms with Crippen molar-refractivity contribution >= 4 is 27.5 Å². The molecule has 1 N–H and O–H groups in total. The zero-order valence-corrected chi connectivity index (χ0v) is 25.5. The van der Waals surface area contributed by atoms with Crippen LogP contribution in [0, 0.1) is 6.92 Å². The van der Waals surface area contributed by atoms with Crippen LogP contribution in [-0.4, -0.2) is 57.5 Å². The van der Waals surface area contributed by atoms with E-state index in [4.69, 9.17) is 9.47 Å². The molecule has 2 amide bonds. The standard InChI is InChI=1S/C31H39N3O6S/c1-22-13-16-26(17-14-22)41(37,38)34(27-19-25(39-6)15-18-28(27)40-7)21-29(35)33(20-24-11-9-8-10-12-24)23(2)30(36)32-31(3,4)5/h8-19,23H,20-21H2,1-7H3,(H,32,36)/t23-/m0/s1. The fourth-order valence-electron chi connectivity index (χ4n) is 4.18. The van der Waals surface area contributed by atoms with Crippen molar-refractivity contribution in [3.05, 3.63) is 83.9 Å².